The monoisotopic (exact) mass is 242 g/mol. The van der Waals surface area contributed by atoms with E-state index in [-0.39, 0.29) is 6.10 Å². The molecule has 2 aliphatic rings. The van der Waals surface area contributed by atoms with Gasteiger partial charge >= 0.3 is 0 Å². The minimum atomic E-state index is -0.0698. The maximum Gasteiger partial charge on any atom is 0.0594 e. The molecule has 0 radical (unpaired) electrons. The lowest BCUT2D eigenvalue weighted by molar-refractivity contribution is 0.0373. The fourth-order valence-electron chi connectivity index (χ4n) is 2.78. The molecule has 100 valence electrons. The van der Waals surface area contributed by atoms with Crippen LogP contribution in [0.1, 0.15) is 25.7 Å². The van der Waals surface area contributed by atoms with Gasteiger partial charge in [0, 0.05) is 32.7 Å². The van der Waals surface area contributed by atoms with Crippen LogP contribution in [0.25, 0.3) is 0 Å². The lowest BCUT2D eigenvalue weighted by Gasteiger charge is -2.29. The highest BCUT2D eigenvalue weighted by Crippen LogP contribution is 2.23. The van der Waals surface area contributed by atoms with Gasteiger partial charge < -0.3 is 15.2 Å². The molecule has 0 amide bonds. The van der Waals surface area contributed by atoms with Gasteiger partial charge in [-0.05, 0) is 18.8 Å². The minimum Gasteiger partial charge on any atom is -0.393 e. The molecule has 4 heteroatoms. The van der Waals surface area contributed by atoms with E-state index in [1.54, 1.807) is 0 Å². The van der Waals surface area contributed by atoms with E-state index in [1.807, 2.05) is 0 Å². The molecule has 1 aliphatic heterocycles. The van der Waals surface area contributed by atoms with E-state index >= 15 is 0 Å². The first-order chi connectivity index (χ1) is 8.36. The van der Waals surface area contributed by atoms with E-state index in [0.29, 0.717) is 5.92 Å². The summed E-state index contributed by atoms with van der Waals surface area (Å²) >= 11 is 0. The van der Waals surface area contributed by atoms with Crippen molar-refractivity contribution in [3.05, 3.63) is 0 Å². The highest BCUT2D eigenvalue weighted by molar-refractivity contribution is 4.76. The van der Waals surface area contributed by atoms with E-state index < -0.39 is 0 Å². The number of ether oxygens (including phenoxy) is 1. The molecule has 1 saturated heterocycles. The molecule has 17 heavy (non-hydrogen) atoms. The summed E-state index contributed by atoms with van der Waals surface area (Å²) in [4.78, 5) is 2.44. The number of hydrogen-bond donors (Lipinski definition) is 2. The Bertz CT molecular complexity index is 208. The summed E-state index contributed by atoms with van der Waals surface area (Å²) in [5.74, 6) is 0.480. The first kappa shape index (κ1) is 13.3. The van der Waals surface area contributed by atoms with Gasteiger partial charge in [-0.3, -0.25) is 4.90 Å². The van der Waals surface area contributed by atoms with Crippen LogP contribution in [0.5, 0.6) is 0 Å². The molecule has 0 aromatic heterocycles. The summed E-state index contributed by atoms with van der Waals surface area (Å²) in [5, 5.41) is 13.3. The van der Waals surface area contributed by atoms with Crippen molar-refractivity contribution in [1.29, 1.82) is 0 Å². The largest absolute Gasteiger partial charge is 0.393 e. The summed E-state index contributed by atoms with van der Waals surface area (Å²) in [6.45, 7) is 6.99. The maximum atomic E-state index is 9.85. The Balaban J connectivity index is 1.53. The normalized spacial score (nSPS) is 31.6. The maximum absolute atomic E-state index is 9.85. The van der Waals surface area contributed by atoms with E-state index in [0.717, 1.165) is 52.4 Å². The third kappa shape index (κ3) is 4.54. The standard InChI is InChI=1S/C13H26N2O2/c16-13-4-2-1-3-12(13)11-14-5-6-15-7-9-17-10-8-15/h12-14,16H,1-11H2. The molecule has 2 fully saturated rings. The summed E-state index contributed by atoms with van der Waals surface area (Å²) < 4.78 is 5.32. The number of rotatable bonds is 5. The van der Waals surface area contributed by atoms with Crippen molar-refractivity contribution < 1.29 is 9.84 Å². The second-order valence-electron chi connectivity index (χ2n) is 5.27. The average Bonchev–Trinajstić information content (AvgIpc) is 2.38. The molecule has 1 saturated carbocycles. The second kappa shape index (κ2) is 7.31. The molecule has 0 spiro atoms. The van der Waals surface area contributed by atoms with Gasteiger partial charge in [-0.1, -0.05) is 12.8 Å². The van der Waals surface area contributed by atoms with Crippen LogP contribution in [0.2, 0.25) is 0 Å². The van der Waals surface area contributed by atoms with Gasteiger partial charge in [0.2, 0.25) is 0 Å². The van der Waals surface area contributed by atoms with Crippen LogP contribution in [0, 0.1) is 5.92 Å². The summed E-state index contributed by atoms with van der Waals surface area (Å²) in [7, 11) is 0. The summed E-state index contributed by atoms with van der Waals surface area (Å²) in [6.07, 6.45) is 4.60. The predicted molar refractivity (Wildman–Crippen MR) is 68.1 cm³/mol. The fourth-order valence-corrected chi connectivity index (χ4v) is 2.78. The van der Waals surface area contributed by atoms with Gasteiger partial charge in [-0.2, -0.15) is 0 Å². The number of morpholine rings is 1. The number of nitrogens with one attached hydrogen (secondary N) is 1. The second-order valence-corrected chi connectivity index (χ2v) is 5.27. The van der Waals surface area contributed by atoms with Gasteiger partial charge in [0.25, 0.3) is 0 Å². The highest BCUT2D eigenvalue weighted by atomic mass is 16.5. The first-order valence-corrected chi connectivity index (χ1v) is 7.05. The van der Waals surface area contributed by atoms with Crippen LogP contribution in [-0.4, -0.2) is 62.0 Å². The first-order valence-electron chi connectivity index (χ1n) is 7.05. The van der Waals surface area contributed by atoms with E-state index in [4.69, 9.17) is 4.74 Å². The Morgan fingerprint density at radius 3 is 2.71 bits per heavy atom. The Morgan fingerprint density at radius 2 is 1.94 bits per heavy atom. The fraction of sp³-hybridized carbons (Fsp3) is 1.00. The quantitative estimate of drug-likeness (QED) is 0.688. The predicted octanol–water partition coefficient (Wildman–Crippen LogP) is 0.459. The molecule has 4 nitrogen and oxygen atoms in total. The molecular formula is C13H26N2O2. The Labute approximate surface area is 104 Å². The van der Waals surface area contributed by atoms with E-state index in [2.05, 4.69) is 10.2 Å². The molecule has 0 bridgehead atoms. The van der Waals surface area contributed by atoms with Crippen molar-refractivity contribution in [2.45, 2.75) is 31.8 Å². The molecule has 2 atom stereocenters. The smallest absolute Gasteiger partial charge is 0.0594 e. The molecule has 2 rings (SSSR count). The van der Waals surface area contributed by atoms with Crippen LogP contribution in [0.3, 0.4) is 0 Å². The van der Waals surface area contributed by atoms with Crippen molar-refractivity contribution in [1.82, 2.24) is 10.2 Å². The van der Waals surface area contributed by atoms with Crippen molar-refractivity contribution >= 4 is 0 Å². The Kier molecular flexibility index (Phi) is 5.71. The zero-order valence-corrected chi connectivity index (χ0v) is 10.7. The highest BCUT2D eigenvalue weighted by Gasteiger charge is 2.22. The average molecular weight is 242 g/mol. The molecular weight excluding hydrogens is 216 g/mol. The number of aliphatic hydroxyl groups is 1. The molecule has 2 unspecified atom stereocenters. The molecule has 0 aromatic rings. The van der Waals surface area contributed by atoms with Gasteiger partial charge in [0.15, 0.2) is 0 Å². The van der Waals surface area contributed by atoms with Crippen LogP contribution >= 0.6 is 0 Å². The Hall–Kier alpha value is -0.160. The summed E-state index contributed by atoms with van der Waals surface area (Å²) in [6, 6.07) is 0. The third-order valence-electron chi connectivity index (χ3n) is 3.98. The Morgan fingerprint density at radius 1 is 1.18 bits per heavy atom. The topological polar surface area (TPSA) is 44.7 Å². The number of hydrogen-bond acceptors (Lipinski definition) is 4. The van der Waals surface area contributed by atoms with Gasteiger partial charge in [-0.25, -0.2) is 0 Å². The van der Waals surface area contributed by atoms with E-state index in [1.165, 1.54) is 19.3 Å². The van der Waals surface area contributed by atoms with Crippen molar-refractivity contribution in [3.8, 4) is 0 Å². The summed E-state index contributed by atoms with van der Waals surface area (Å²) in [5.41, 5.74) is 0. The van der Waals surface area contributed by atoms with E-state index in [9.17, 15) is 5.11 Å². The third-order valence-corrected chi connectivity index (χ3v) is 3.98. The molecule has 1 heterocycles. The number of aliphatic hydroxyl groups excluding tert-OH is 1. The lowest BCUT2D eigenvalue weighted by Crippen LogP contribution is -2.42. The van der Waals surface area contributed by atoms with Crippen molar-refractivity contribution in [2.75, 3.05) is 45.9 Å². The molecule has 1 aliphatic carbocycles. The molecule has 0 aromatic carbocycles. The molecule has 2 N–H and O–H groups in total. The van der Waals surface area contributed by atoms with Crippen LogP contribution < -0.4 is 5.32 Å². The van der Waals surface area contributed by atoms with Gasteiger partial charge in [0.05, 0.1) is 19.3 Å². The lowest BCUT2D eigenvalue weighted by atomic mass is 9.86. The van der Waals surface area contributed by atoms with Crippen molar-refractivity contribution in [2.24, 2.45) is 5.92 Å². The number of nitrogens with zero attached hydrogens (tertiary/aromatic N) is 1. The van der Waals surface area contributed by atoms with Gasteiger partial charge in [0.1, 0.15) is 0 Å². The minimum absolute atomic E-state index is 0.0698. The zero-order chi connectivity index (χ0) is 11.9. The zero-order valence-electron chi connectivity index (χ0n) is 10.7. The van der Waals surface area contributed by atoms with Crippen molar-refractivity contribution in [3.63, 3.8) is 0 Å². The van der Waals surface area contributed by atoms with Crippen LogP contribution in [0.15, 0.2) is 0 Å². The van der Waals surface area contributed by atoms with Crippen LogP contribution in [-0.2, 0) is 4.74 Å². The SMILES string of the molecule is OC1CCCCC1CNCCN1CCOCC1. The van der Waals surface area contributed by atoms with Crippen LogP contribution in [0.4, 0.5) is 0 Å². The van der Waals surface area contributed by atoms with Gasteiger partial charge in [-0.15, -0.1) is 0 Å².